The predicted molar refractivity (Wildman–Crippen MR) is 105 cm³/mol. The van der Waals surface area contributed by atoms with Gasteiger partial charge in [0.25, 0.3) is 0 Å². The third-order valence-corrected chi connectivity index (χ3v) is 5.77. The Balaban J connectivity index is 1.56. The second kappa shape index (κ2) is 8.30. The van der Waals surface area contributed by atoms with Crippen molar-refractivity contribution in [1.29, 1.82) is 10.5 Å². The summed E-state index contributed by atoms with van der Waals surface area (Å²) in [6, 6.07) is 5.44. The highest BCUT2D eigenvalue weighted by molar-refractivity contribution is 5.80. The molecule has 3 heterocycles. The molecule has 144 valence electrons. The van der Waals surface area contributed by atoms with Gasteiger partial charge in [0.15, 0.2) is 0 Å². The molecule has 1 amide bonds. The molecule has 0 spiro atoms. The number of nitrogens with one attached hydrogen (secondary N) is 1. The minimum atomic E-state index is -0.426. The van der Waals surface area contributed by atoms with Crippen LogP contribution in [-0.2, 0) is 4.79 Å². The van der Waals surface area contributed by atoms with E-state index in [1.165, 1.54) is 0 Å². The Kier molecular flexibility index (Phi) is 5.83. The molecule has 0 aromatic carbocycles. The van der Waals surface area contributed by atoms with Crippen molar-refractivity contribution < 1.29 is 4.79 Å². The second-order valence-corrected chi connectivity index (χ2v) is 7.65. The van der Waals surface area contributed by atoms with Gasteiger partial charge in [0.1, 0.15) is 12.1 Å². The molecule has 7 heteroatoms. The number of rotatable bonds is 4. The lowest BCUT2D eigenvalue weighted by Crippen LogP contribution is -2.55. The molecule has 1 aromatic rings. The number of terminal acetylenes is 1. The Hall–Kier alpha value is -3.08. The van der Waals surface area contributed by atoms with Crippen LogP contribution in [0.25, 0.3) is 0 Å². The number of hydrogen-bond acceptors (Lipinski definition) is 6. The van der Waals surface area contributed by atoms with Crippen LogP contribution in [0.2, 0.25) is 0 Å². The second-order valence-electron chi connectivity index (χ2n) is 7.65. The van der Waals surface area contributed by atoms with Gasteiger partial charge in [-0.1, -0.05) is 5.92 Å². The summed E-state index contributed by atoms with van der Waals surface area (Å²) in [4.78, 5) is 20.6. The van der Waals surface area contributed by atoms with E-state index in [2.05, 4.69) is 40.2 Å². The maximum absolute atomic E-state index is 12.7. The number of amides is 1. The van der Waals surface area contributed by atoms with Crippen LogP contribution >= 0.6 is 0 Å². The zero-order valence-electron chi connectivity index (χ0n) is 16.1. The lowest BCUT2D eigenvalue weighted by Gasteiger charge is -2.41. The fourth-order valence-electron chi connectivity index (χ4n) is 3.93. The molecule has 0 radical (unpaired) electrons. The maximum atomic E-state index is 12.7. The Bertz CT molecular complexity index is 831. The third-order valence-electron chi connectivity index (χ3n) is 5.77. The molecule has 28 heavy (non-hydrogen) atoms. The molecule has 2 saturated heterocycles. The molecular formula is C21H24N6O. The number of pyridine rings is 1. The standard InChI is InChI=1S/C21H24N6O/c1-3-17-4-5-18(12-23)27(17)20(28)15-25-21(2)6-8-26(9-7-21)19-10-16(11-22)13-24-14-19/h1,10,13-14,17-18,25H,4-9,15H2,2H3/t17-,18-/m0/s1. The van der Waals surface area contributed by atoms with Crippen LogP contribution in [0.3, 0.4) is 0 Å². The molecule has 2 aliphatic heterocycles. The summed E-state index contributed by atoms with van der Waals surface area (Å²) in [5.41, 5.74) is 1.33. The van der Waals surface area contributed by atoms with Crippen molar-refractivity contribution >= 4 is 11.6 Å². The number of hydrogen-bond donors (Lipinski definition) is 1. The number of carbonyl (C=O) groups excluding carboxylic acids is 1. The van der Waals surface area contributed by atoms with Crippen LogP contribution in [0.5, 0.6) is 0 Å². The molecule has 1 N–H and O–H groups in total. The van der Waals surface area contributed by atoms with Gasteiger partial charge in [-0.05, 0) is 38.7 Å². The first-order chi connectivity index (χ1) is 13.5. The molecule has 0 unspecified atom stereocenters. The van der Waals surface area contributed by atoms with E-state index >= 15 is 0 Å². The van der Waals surface area contributed by atoms with Gasteiger partial charge in [0.2, 0.25) is 5.91 Å². The number of piperidine rings is 1. The van der Waals surface area contributed by atoms with Gasteiger partial charge >= 0.3 is 0 Å². The van der Waals surface area contributed by atoms with Crippen LogP contribution in [0.1, 0.15) is 38.2 Å². The Morgan fingerprint density at radius 1 is 1.32 bits per heavy atom. The fraction of sp³-hybridized carbons (Fsp3) is 0.524. The zero-order chi connectivity index (χ0) is 20.1. The van der Waals surface area contributed by atoms with E-state index in [0.717, 1.165) is 31.6 Å². The largest absolute Gasteiger partial charge is 0.370 e. The topological polar surface area (TPSA) is 96.1 Å². The minimum Gasteiger partial charge on any atom is -0.370 e. The molecule has 2 aliphatic rings. The quantitative estimate of drug-likeness (QED) is 0.799. The summed E-state index contributed by atoms with van der Waals surface area (Å²) >= 11 is 0. The van der Waals surface area contributed by atoms with Crippen molar-refractivity contribution in [2.75, 3.05) is 24.5 Å². The average Bonchev–Trinajstić information content (AvgIpc) is 3.16. The van der Waals surface area contributed by atoms with E-state index in [9.17, 15) is 10.1 Å². The summed E-state index contributed by atoms with van der Waals surface area (Å²) in [6.07, 6.45) is 11.9. The SMILES string of the molecule is C#C[C@H]1CC[C@@H](C#N)N1C(=O)CNC1(C)CCN(c2cncc(C#N)c2)CC1. The first-order valence-corrected chi connectivity index (χ1v) is 9.52. The number of anilines is 1. The van der Waals surface area contributed by atoms with Gasteiger partial charge in [0.05, 0.1) is 36.1 Å². The smallest absolute Gasteiger partial charge is 0.238 e. The molecule has 1 aromatic heterocycles. The lowest BCUT2D eigenvalue weighted by molar-refractivity contribution is -0.131. The average molecular weight is 376 g/mol. The van der Waals surface area contributed by atoms with Crippen molar-refractivity contribution in [2.45, 2.75) is 50.2 Å². The van der Waals surface area contributed by atoms with Crippen molar-refractivity contribution in [3.05, 3.63) is 24.0 Å². The van der Waals surface area contributed by atoms with Gasteiger partial charge in [0, 0.05) is 24.8 Å². The van der Waals surface area contributed by atoms with Crippen LogP contribution < -0.4 is 10.2 Å². The molecule has 0 bridgehead atoms. The monoisotopic (exact) mass is 376 g/mol. The fourth-order valence-corrected chi connectivity index (χ4v) is 3.93. The van der Waals surface area contributed by atoms with Gasteiger partial charge in [-0.25, -0.2) is 0 Å². The van der Waals surface area contributed by atoms with E-state index in [4.69, 9.17) is 11.7 Å². The summed E-state index contributed by atoms with van der Waals surface area (Å²) in [5.74, 6) is 2.52. The highest BCUT2D eigenvalue weighted by Crippen LogP contribution is 2.27. The highest BCUT2D eigenvalue weighted by Gasteiger charge is 2.37. The molecule has 2 fully saturated rings. The van der Waals surface area contributed by atoms with E-state index in [1.807, 2.05) is 6.07 Å². The van der Waals surface area contributed by atoms with Crippen LogP contribution in [0.4, 0.5) is 5.69 Å². The number of nitrogens with zero attached hydrogens (tertiary/aromatic N) is 5. The van der Waals surface area contributed by atoms with Gasteiger partial charge < -0.3 is 15.1 Å². The van der Waals surface area contributed by atoms with E-state index in [1.54, 1.807) is 17.3 Å². The van der Waals surface area contributed by atoms with Crippen molar-refractivity contribution in [3.63, 3.8) is 0 Å². The Morgan fingerprint density at radius 3 is 2.68 bits per heavy atom. The lowest BCUT2D eigenvalue weighted by atomic mass is 9.89. The van der Waals surface area contributed by atoms with Crippen molar-refractivity contribution in [2.24, 2.45) is 0 Å². The Morgan fingerprint density at radius 2 is 2.04 bits per heavy atom. The number of carbonyl (C=O) groups is 1. The number of likely N-dealkylation sites (tertiary alicyclic amines) is 1. The molecule has 3 rings (SSSR count). The summed E-state index contributed by atoms with van der Waals surface area (Å²) < 4.78 is 0. The third kappa shape index (κ3) is 4.09. The number of aromatic nitrogens is 1. The Labute approximate surface area is 165 Å². The van der Waals surface area contributed by atoms with Crippen molar-refractivity contribution in [1.82, 2.24) is 15.2 Å². The predicted octanol–water partition coefficient (Wildman–Crippen LogP) is 1.42. The van der Waals surface area contributed by atoms with E-state index in [-0.39, 0.29) is 24.0 Å². The van der Waals surface area contributed by atoms with Crippen molar-refractivity contribution in [3.8, 4) is 24.5 Å². The highest BCUT2D eigenvalue weighted by atomic mass is 16.2. The summed E-state index contributed by atoms with van der Waals surface area (Å²) in [6.45, 7) is 3.92. The van der Waals surface area contributed by atoms with Gasteiger partial charge in [-0.2, -0.15) is 10.5 Å². The van der Waals surface area contributed by atoms with Gasteiger partial charge in [-0.3, -0.25) is 9.78 Å². The van der Waals surface area contributed by atoms with E-state index in [0.29, 0.717) is 18.4 Å². The van der Waals surface area contributed by atoms with Crippen LogP contribution in [-0.4, -0.2) is 53.0 Å². The molecular weight excluding hydrogens is 352 g/mol. The minimum absolute atomic E-state index is 0.110. The molecule has 7 nitrogen and oxygen atoms in total. The summed E-state index contributed by atoms with van der Waals surface area (Å²) in [5, 5.41) is 21.7. The molecule has 0 aliphatic carbocycles. The van der Waals surface area contributed by atoms with Crippen LogP contribution in [0.15, 0.2) is 18.5 Å². The molecule has 0 saturated carbocycles. The maximum Gasteiger partial charge on any atom is 0.238 e. The van der Waals surface area contributed by atoms with E-state index < -0.39 is 6.04 Å². The molecule has 2 atom stereocenters. The number of nitriles is 2. The zero-order valence-corrected chi connectivity index (χ0v) is 16.1. The first kappa shape index (κ1) is 19.7. The summed E-state index contributed by atoms with van der Waals surface area (Å²) in [7, 11) is 0. The van der Waals surface area contributed by atoms with Crippen LogP contribution in [0, 0.1) is 35.0 Å². The van der Waals surface area contributed by atoms with Gasteiger partial charge in [-0.15, -0.1) is 6.42 Å². The first-order valence-electron chi connectivity index (χ1n) is 9.52. The normalized spacial score (nSPS) is 23.5.